The number of hydrogen-bond donors (Lipinski definition) is 1. The van der Waals surface area contributed by atoms with Crippen molar-refractivity contribution in [2.45, 2.75) is 39.2 Å². The molecule has 0 fully saturated rings. The van der Waals surface area contributed by atoms with Gasteiger partial charge in [-0.3, -0.25) is 4.79 Å². The summed E-state index contributed by atoms with van der Waals surface area (Å²) in [4.78, 5) is 14.1. The molecule has 0 bridgehead atoms. The zero-order valence-electron chi connectivity index (χ0n) is 12.1. The second kappa shape index (κ2) is 7.79. The fourth-order valence-corrected chi connectivity index (χ4v) is 1.86. The summed E-state index contributed by atoms with van der Waals surface area (Å²) in [5.74, 6) is 0.135. The molecule has 0 saturated heterocycles. The summed E-state index contributed by atoms with van der Waals surface area (Å²) in [6.07, 6.45) is 2.28. The van der Waals surface area contributed by atoms with Crippen LogP contribution in [0, 0.1) is 0 Å². The quantitative estimate of drug-likeness (QED) is 0.770. The third kappa shape index (κ3) is 4.91. The maximum atomic E-state index is 12.3. The Labute approximate surface area is 115 Å². The fraction of sp³-hybridized carbons (Fsp3) is 0.533. The van der Waals surface area contributed by atoms with Crippen molar-refractivity contribution in [3.8, 4) is 0 Å². The van der Waals surface area contributed by atoms with Crippen LogP contribution in [0.2, 0.25) is 0 Å². The van der Waals surface area contributed by atoms with Crippen LogP contribution in [0.15, 0.2) is 24.3 Å². The number of carbonyl (C=O) groups is 1. The summed E-state index contributed by atoms with van der Waals surface area (Å²) in [5, 5.41) is 0. The zero-order chi connectivity index (χ0) is 14.3. The van der Waals surface area contributed by atoms with Crippen LogP contribution in [0.5, 0.6) is 0 Å². The van der Waals surface area contributed by atoms with E-state index < -0.39 is 0 Å². The summed E-state index contributed by atoms with van der Waals surface area (Å²) >= 11 is 0. The van der Waals surface area contributed by atoms with Gasteiger partial charge < -0.3 is 15.4 Å². The molecule has 4 nitrogen and oxygen atoms in total. The van der Waals surface area contributed by atoms with Gasteiger partial charge in [0.25, 0.3) is 0 Å². The van der Waals surface area contributed by atoms with Gasteiger partial charge in [-0.05, 0) is 44.0 Å². The van der Waals surface area contributed by atoms with E-state index in [1.54, 1.807) is 7.11 Å². The highest BCUT2D eigenvalue weighted by Crippen LogP contribution is 2.18. The van der Waals surface area contributed by atoms with E-state index in [0.717, 1.165) is 25.1 Å². The summed E-state index contributed by atoms with van der Waals surface area (Å²) < 4.78 is 5.17. The van der Waals surface area contributed by atoms with Crippen molar-refractivity contribution in [1.29, 1.82) is 0 Å². The van der Waals surface area contributed by atoms with Gasteiger partial charge in [0.15, 0.2) is 0 Å². The largest absolute Gasteiger partial charge is 0.399 e. The summed E-state index contributed by atoms with van der Waals surface area (Å²) in [6, 6.07) is 7.43. The Hall–Kier alpha value is -1.55. The second-order valence-corrected chi connectivity index (χ2v) is 4.72. The standard InChI is InChI=1S/C15H24N2O2/c1-4-11-17(14-8-6-13(16)7-9-14)15(18)10-5-12(2)19-3/h6-9,12H,4-5,10-11,16H2,1-3H3. The van der Waals surface area contributed by atoms with Crippen LogP contribution in [0.4, 0.5) is 11.4 Å². The van der Waals surface area contributed by atoms with E-state index >= 15 is 0 Å². The van der Waals surface area contributed by atoms with Gasteiger partial charge in [-0.2, -0.15) is 0 Å². The van der Waals surface area contributed by atoms with Crippen LogP contribution in [0.3, 0.4) is 0 Å². The molecule has 0 aliphatic carbocycles. The molecule has 0 saturated carbocycles. The molecule has 1 aromatic carbocycles. The van der Waals surface area contributed by atoms with Crippen LogP contribution in [0.1, 0.15) is 33.1 Å². The van der Waals surface area contributed by atoms with Crippen LogP contribution in [-0.2, 0) is 9.53 Å². The van der Waals surface area contributed by atoms with Gasteiger partial charge >= 0.3 is 0 Å². The zero-order valence-corrected chi connectivity index (χ0v) is 12.1. The molecular formula is C15H24N2O2. The van der Waals surface area contributed by atoms with E-state index in [1.165, 1.54) is 0 Å². The molecule has 1 unspecified atom stereocenters. The van der Waals surface area contributed by atoms with Crippen molar-refractivity contribution in [1.82, 2.24) is 0 Å². The topological polar surface area (TPSA) is 55.6 Å². The SMILES string of the molecule is CCCN(C(=O)CCC(C)OC)c1ccc(N)cc1. The van der Waals surface area contributed by atoms with Crippen LogP contribution in [0.25, 0.3) is 0 Å². The number of anilines is 2. The van der Waals surface area contributed by atoms with Crippen LogP contribution >= 0.6 is 0 Å². The third-order valence-electron chi connectivity index (χ3n) is 3.12. The van der Waals surface area contributed by atoms with Gasteiger partial charge in [0.05, 0.1) is 6.10 Å². The second-order valence-electron chi connectivity index (χ2n) is 4.72. The number of rotatable bonds is 7. The predicted octanol–water partition coefficient (Wildman–Crippen LogP) is 2.83. The first-order chi connectivity index (χ1) is 9.08. The minimum atomic E-state index is 0.110. The van der Waals surface area contributed by atoms with Crippen molar-refractivity contribution < 1.29 is 9.53 Å². The van der Waals surface area contributed by atoms with E-state index in [2.05, 4.69) is 6.92 Å². The maximum absolute atomic E-state index is 12.3. The molecule has 1 rings (SSSR count). The van der Waals surface area contributed by atoms with E-state index in [4.69, 9.17) is 10.5 Å². The molecule has 0 heterocycles. The Morgan fingerprint density at radius 2 is 2.00 bits per heavy atom. The molecule has 1 atom stereocenters. The van der Waals surface area contributed by atoms with Crippen molar-refractivity contribution in [3.63, 3.8) is 0 Å². The number of carbonyl (C=O) groups excluding carboxylic acids is 1. The molecular weight excluding hydrogens is 240 g/mol. The number of nitrogen functional groups attached to an aromatic ring is 1. The van der Waals surface area contributed by atoms with Crippen LogP contribution < -0.4 is 10.6 Å². The molecule has 1 aromatic rings. The molecule has 19 heavy (non-hydrogen) atoms. The first-order valence-corrected chi connectivity index (χ1v) is 6.77. The molecule has 0 aliphatic heterocycles. The number of benzene rings is 1. The highest BCUT2D eigenvalue weighted by Gasteiger charge is 2.15. The number of methoxy groups -OCH3 is 1. The van der Waals surface area contributed by atoms with E-state index in [0.29, 0.717) is 12.1 Å². The summed E-state index contributed by atoms with van der Waals surface area (Å²) in [5.41, 5.74) is 7.29. The van der Waals surface area contributed by atoms with Gasteiger partial charge in [0.2, 0.25) is 5.91 Å². The highest BCUT2D eigenvalue weighted by molar-refractivity contribution is 5.93. The lowest BCUT2D eigenvalue weighted by Crippen LogP contribution is -2.32. The van der Waals surface area contributed by atoms with Gasteiger partial charge in [-0.15, -0.1) is 0 Å². The molecule has 1 amide bonds. The number of nitrogens with zero attached hydrogens (tertiary/aromatic N) is 1. The van der Waals surface area contributed by atoms with Crippen molar-refractivity contribution in [2.75, 3.05) is 24.3 Å². The first kappa shape index (κ1) is 15.5. The van der Waals surface area contributed by atoms with Gasteiger partial charge in [-0.25, -0.2) is 0 Å². The normalized spacial score (nSPS) is 12.2. The molecule has 0 radical (unpaired) electrons. The molecule has 0 spiro atoms. The summed E-state index contributed by atoms with van der Waals surface area (Å²) in [7, 11) is 1.67. The number of nitrogens with two attached hydrogens (primary N) is 1. The number of amides is 1. The minimum absolute atomic E-state index is 0.110. The van der Waals surface area contributed by atoms with Crippen molar-refractivity contribution in [3.05, 3.63) is 24.3 Å². The average Bonchev–Trinajstić information content (AvgIpc) is 2.43. The van der Waals surface area contributed by atoms with Gasteiger partial charge in [0, 0.05) is 31.5 Å². The predicted molar refractivity (Wildman–Crippen MR) is 79.2 cm³/mol. The highest BCUT2D eigenvalue weighted by atomic mass is 16.5. The Morgan fingerprint density at radius 3 is 2.53 bits per heavy atom. The van der Waals surface area contributed by atoms with E-state index in [1.807, 2.05) is 36.1 Å². The van der Waals surface area contributed by atoms with Gasteiger partial charge in [0.1, 0.15) is 0 Å². The Balaban J connectivity index is 2.70. The molecule has 4 heteroatoms. The fourth-order valence-electron chi connectivity index (χ4n) is 1.86. The Kier molecular flexibility index (Phi) is 6.36. The Bertz CT molecular complexity index is 390. The molecule has 0 aliphatic rings. The number of hydrogen-bond acceptors (Lipinski definition) is 3. The lowest BCUT2D eigenvalue weighted by molar-refractivity contribution is -0.119. The third-order valence-corrected chi connectivity index (χ3v) is 3.12. The number of ether oxygens (including phenoxy) is 1. The molecule has 106 valence electrons. The van der Waals surface area contributed by atoms with E-state index in [-0.39, 0.29) is 12.0 Å². The summed E-state index contributed by atoms with van der Waals surface area (Å²) in [6.45, 7) is 4.76. The minimum Gasteiger partial charge on any atom is -0.399 e. The van der Waals surface area contributed by atoms with Crippen molar-refractivity contribution >= 4 is 17.3 Å². The molecule has 2 N–H and O–H groups in total. The Morgan fingerprint density at radius 1 is 1.37 bits per heavy atom. The average molecular weight is 264 g/mol. The first-order valence-electron chi connectivity index (χ1n) is 6.77. The smallest absolute Gasteiger partial charge is 0.227 e. The van der Waals surface area contributed by atoms with E-state index in [9.17, 15) is 4.79 Å². The maximum Gasteiger partial charge on any atom is 0.227 e. The van der Waals surface area contributed by atoms with Crippen LogP contribution in [-0.4, -0.2) is 25.7 Å². The van der Waals surface area contributed by atoms with Gasteiger partial charge in [-0.1, -0.05) is 6.92 Å². The molecule has 0 aromatic heterocycles. The van der Waals surface area contributed by atoms with Crippen molar-refractivity contribution in [2.24, 2.45) is 0 Å². The lowest BCUT2D eigenvalue weighted by atomic mass is 10.1. The monoisotopic (exact) mass is 264 g/mol. The lowest BCUT2D eigenvalue weighted by Gasteiger charge is -2.23.